The first-order chi connectivity index (χ1) is 6.72. The number of amides is 2. The minimum absolute atomic E-state index is 0.381. The van der Waals surface area contributed by atoms with E-state index in [1.807, 2.05) is 0 Å². The molecule has 4 heteroatoms. The number of anilines is 1. The molecular formula is C10H11FN2O. The Morgan fingerprint density at radius 1 is 1.50 bits per heavy atom. The van der Waals surface area contributed by atoms with Gasteiger partial charge in [0.15, 0.2) is 0 Å². The summed E-state index contributed by atoms with van der Waals surface area (Å²) in [6.45, 7) is 1.78. The molecule has 74 valence electrons. The maximum Gasteiger partial charge on any atom is 0.323 e. The number of carbonyl (C=O) groups excluding carboxylic acids is 1. The van der Waals surface area contributed by atoms with Crippen molar-refractivity contribution in [1.29, 1.82) is 0 Å². The highest BCUT2D eigenvalue weighted by Gasteiger charge is 1.99. The van der Waals surface area contributed by atoms with E-state index in [1.165, 1.54) is 24.4 Å². The molecule has 0 unspecified atom stereocenters. The van der Waals surface area contributed by atoms with Crippen molar-refractivity contribution in [2.24, 2.45) is 0 Å². The minimum Gasteiger partial charge on any atom is -0.315 e. The summed E-state index contributed by atoms with van der Waals surface area (Å²) in [6.07, 6.45) is 3.18. The molecule has 2 amide bonds. The molecule has 0 fully saturated rings. The number of benzene rings is 1. The van der Waals surface area contributed by atoms with Crippen LogP contribution in [0.1, 0.15) is 6.92 Å². The zero-order valence-electron chi connectivity index (χ0n) is 7.75. The van der Waals surface area contributed by atoms with Crippen LogP contribution in [0.4, 0.5) is 14.9 Å². The average molecular weight is 194 g/mol. The van der Waals surface area contributed by atoms with E-state index in [0.29, 0.717) is 5.69 Å². The lowest BCUT2D eigenvalue weighted by Gasteiger charge is -2.03. The second-order valence-corrected chi connectivity index (χ2v) is 2.61. The van der Waals surface area contributed by atoms with Gasteiger partial charge in [-0.3, -0.25) is 0 Å². The second-order valence-electron chi connectivity index (χ2n) is 2.61. The Bertz CT molecular complexity index is 350. The third-order valence-electron chi connectivity index (χ3n) is 1.46. The second kappa shape index (κ2) is 5.01. The van der Waals surface area contributed by atoms with Gasteiger partial charge in [-0.2, -0.15) is 0 Å². The number of urea groups is 1. The maximum atomic E-state index is 12.7. The molecule has 0 spiro atoms. The molecule has 0 aliphatic heterocycles. The maximum absolute atomic E-state index is 12.7. The number of rotatable bonds is 2. The topological polar surface area (TPSA) is 41.1 Å². The highest BCUT2D eigenvalue weighted by Crippen LogP contribution is 2.08. The van der Waals surface area contributed by atoms with E-state index in [-0.39, 0.29) is 5.82 Å². The van der Waals surface area contributed by atoms with Gasteiger partial charge in [-0.1, -0.05) is 12.1 Å². The van der Waals surface area contributed by atoms with Gasteiger partial charge in [0.2, 0.25) is 0 Å². The summed E-state index contributed by atoms with van der Waals surface area (Å²) in [5.41, 5.74) is 0.423. The van der Waals surface area contributed by atoms with Crippen molar-refractivity contribution in [2.75, 3.05) is 5.32 Å². The standard InChI is InChI=1S/C10H11FN2O/c1-2-6-12-10(14)13-9-5-3-4-8(11)7-9/h2-7H,1H3,(H2,12,13,14)/b6-2+. The van der Waals surface area contributed by atoms with Crippen LogP contribution in [0.2, 0.25) is 0 Å². The van der Waals surface area contributed by atoms with Crippen LogP contribution in [0.15, 0.2) is 36.5 Å². The normalized spacial score (nSPS) is 10.1. The fourth-order valence-electron chi connectivity index (χ4n) is 0.892. The molecule has 1 rings (SSSR count). The van der Waals surface area contributed by atoms with E-state index in [4.69, 9.17) is 0 Å². The summed E-state index contributed by atoms with van der Waals surface area (Å²) < 4.78 is 12.7. The van der Waals surface area contributed by atoms with E-state index in [2.05, 4.69) is 10.6 Å². The van der Waals surface area contributed by atoms with Crippen LogP contribution in [0, 0.1) is 5.82 Å². The molecular weight excluding hydrogens is 183 g/mol. The van der Waals surface area contributed by atoms with E-state index < -0.39 is 6.03 Å². The monoisotopic (exact) mass is 194 g/mol. The summed E-state index contributed by atoms with van der Waals surface area (Å²) in [6, 6.07) is 5.30. The Morgan fingerprint density at radius 2 is 2.29 bits per heavy atom. The fraction of sp³-hybridized carbons (Fsp3) is 0.100. The van der Waals surface area contributed by atoms with E-state index in [1.54, 1.807) is 19.1 Å². The predicted octanol–water partition coefficient (Wildman–Crippen LogP) is 2.48. The Labute approximate surface area is 81.6 Å². The molecule has 1 aromatic rings. The van der Waals surface area contributed by atoms with Crippen molar-refractivity contribution in [2.45, 2.75) is 6.92 Å². The molecule has 3 nitrogen and oxygen atoms in total. The van der Waals surface area contributed by atoms with Gasteiger partial charge in [-0.05, 0) is 25.1 Å². The Morgan fingerprint density at radius 3 is 2.93 bits per heavy atom. The van der Waals surface area contributed by atoms with E-state index >= 15 is 0 Å². The van der Waals surface area contributed by atoms with E-state index in [0.717, 1.165) is 0 Å². The van der Waals surface area contributed by atoms with Crippen molar-refractivity contribution < 1.29 is 9.18 Å². The molecule has 0 heterocycles. The third-order valence-corrected chi connectivity index (χ3v) is 1.46. The lowest BCUT2D eigenvalue weighted by atomic mass is 10.3. The van der Waals surface area contributed by atoms with Crippen LogP contribution in [-0.2, 0) is 0 Å². The summed E-state index contributed by atoms with van der Waals surface area (Å²) in [5.74, 6) is -0.381. The van der Waals surface area contributed by atoms with Crippen LogP contribution in [-0.4, -0.2) is 6.03 Å². The molecule has 2 N–H and O–H groups in total. The molecule has 14 heavy (non-hydrogen) atoms. The van der Waals surface area contributed by atoms with Crippen molar-refractivity contribution >= 4 is 11.7 Å². The molecule has 0 atom stereocenters. The van der Waals surface area contributed by atoms with Gasteiger partial charge in [0.05, 0.1) is 0 Å². The van der Waals surface area contributed by atoms with Gasteiger partial charge >= 0.3 is 6.03 Å². The molecule has 0 saturated carbocycles. The van der Waals surface area contributed by atoms with Gasteiger partial charge in [-0.25, -0.2) is 9.18 Å². The summed E-state index contributed by atoms with van der Waals surface area (Å²) in [7, 11) is 0. The lowest BCUT2D eigenvalue weighted by molar-refractivity contribution is 0.255. The van der Waals surface area contributed by atoms with Crippen LogP contribution in [0.25, 0.3) is 0 Å². The average Bonchev–Trinajstić information content (AvgIpc) is 2.15. The number of carbonyl (C=O) groups is 1. The van der Waals surface area contributed by atoms with Gasteiger partial charge in [0.1, 0.15) is 5.82 Å². The van der Waals surface area contributed by atoms with Crippen molar-refractivity contribution in [3.8, 4) is 0 Å². The molecule has 0 aromatic heterocycles. The largest absolute Gasteiger partial charge is 0.323 e. The van der Waals surface area contributed by atoms with Crippen molar-refractivity contribution in [3.63, 3.8) is 0 Å². The fourth-order valence-corrected chi connectivity index (χ4v) is 0.892. The first-order valence-corrected chi connectivity index (χ1v) is 4.16. The minimum atomic E-state index is -0.395. The summed E-state index contributed by atoms with van der Waals surface area (Å²) in [4.78, 5) is 11.1. The molecule has 0 aliphatic rings. The third kappa shape index (κ3) is 3.26. The Hall–Kier alpha value is -1.84. The zero-order chi connectivity index (χ0) is 10.4. The first-order valence-electron chi connectivity index (χ1n) is 4.16. The lowest BCUT2D eigenvalue weighted by Crippen LogP contribution is -2.23. The van der Waals surface area contributed by atoms with Crippen LogP contribution >= 0.6 is 0 Å². The number of allylic oxidation sites excluding steroid dienone is 1. The smallest absolute Gasteiger partial charge is 0.315 e. The number of hydrogen-bond donors (Lipinski definition) is 2. The van der Waals surface area contributed by atoms with Gasteiger partial charge in [0, 0.05) is 11.9 Å². The predicted molar refractivity (Wildman–Crippen MR) is 53.4 cm³/mol. The van der Waals surface area contributed by atoms with Gasteiger partial charge < -0.3 is 10.6 Å². The molecule has 0 radical (unpaired) electrons. The van der Waals surface area contributed by atoms with Crippen LogP contribution in [0.3, 0.4) is 0 Å². The SMILES string of the molecule is C/C=C/NC(=O)Nc1cccc(F)c1. The molecule has 1 aromatic carbocycles. The summed E-state index contributed by atoms with van der Waals surface area (Å²) >= 11 is 0. The zero-order valence-corrected chi connectivity index (χ0v) is 7.75. The summed E-state index contributed by atoms with van der Waals surface area (Å²) in [5, 5.41) is 4.92. The van der Waals surface area contributed by atoms with Crippen molar-refractivity contribution in [1.82, 2.24) is 5.32 Å². The Balaban J connectivity index is 2.56. The highest BCUT2D eigenvalue weighted by atomic mass is 19.1. The number of nitrogens with one attached hydrogen (secondary N) is 2. The van der Waals surface area contributed by atoms with Crippen LogP contribution < -0.4 is 10.6 Å². The Kier molecular flexibility index (Phi) is 3.67. The molecule has 0 aliphatic carbocycles. The van der Waals surface area contributed by atoms with E-state index in [9.17, 15) is 9.18 Å². The van der Waals surface area contributed by atoms with Gasteiger partial charge in [-0.15, -0.1) is 0 Å². The van der Waals surface area contributed by atoms with Crippen LogP contribution in [0.5, 0.6) is 0 Å². The quantitative estimate of drug-likeness (QED) is 0.746. The van der Waals surface area contributed by atoms with Gasteiger partial charge in [0.25, 0.3) is 0 Å². The first kappa shape index (κ1) is 10.2. The van der Waals surface area contributed by atoms with Crippen molar-refractivity contribution in [3.05, 3.63) is 42.4 Å². The number of hydrogen-bond acceptors (Lipinski definition) is 1. The molecule has 0 saturated heterocycles. The number of halogens is 1. The molecule has 0 bridgehead atoms. The highest BCUT2D eigenvalue weighted by molar-refractivity contribution is 5.89.